The molecule has 0 N–H and O–H groups in total. The SMILES string of the molecule is CN(C)C(=O)C1(C)CCN(C[C@H]2COc3ccccc3O2)CC1.S. The molecule has 0 aromatic heterocycles. The average molecular weight is 353 g/mol. The van der Waals surface area contributed by atoms with E-state index in [1.165, 1.54) is 0 Å². The van der Waals surface area contributed by atoms with Crippen LogP contribution < -0.4 is 9.47 Å². The van der Waals surface area contributed by atoms with Crippen LogP contribution >= 0.6 is 13.5 Å². The Morgan fingerprint density at radius 3 is 2.50 bits per heavy atom. The first-order valence-electron chi connectivity index (χ1n) is 8.30. The molecule has 5 nitrogen and oxygen atoms in total. The molecule has 0 saturated carbocycles. The fourth-order valence-electron chi connectivity index (χ4n) is 3.42. The van der Waals surface area contributed by atoms with Crippen LogP contribution in [0, 0.1) is 5.41 Å². The van der Waals surface area contributed by atoms with Crippen molar-refractivity contribution in [2.75, 3.05) is 40.3 Å². The molecule has 1 aromatic carbocycles. The van der Waals surface area contributed by atoms with Crippen LogP contribution in [0.25, 0.3) is 0 Å². The first kappa shape index (κ1) is 18.9. The highest BCUT2D eigenvalue weighted by atomic mass is 32.1. The van der Waals surface area contributed by atoms with Gasteiger partial charge in [0.05, 0.1) is 0 Å². The third-order valence-electron chi connectivity index (χ3n) is 4.91. The fraction of sp³-hybridized carbons (Fsp3) is 0.611. The normalized spacial score (nSPS) is 22.4. The van der Waals surface area contributed by atoms with Crippen molar-refractivity contribution >= 4 is 19.4 Å². The second kappa shape index (κ2) is 7.66. The van der Waals surface area contributed by atoms with E-state index in [9.17, 15) is 4.79 Å². The first-order chi connectivity index (χ1) is 11.0. The number of carbonyl (C=O) groups excluding carboxylic acids is 1. The molecule has 1 aromatic rings. The number of nitrogens with zero attached hydrogens (tertiary/aromatic N) is 2. The number of amides is 1. The Balaban J connectivity index is 0.00000208. The van der Waals surface area contributed by atoms with Crippen molar-refractivity contribution in [2.45, 2.75) is 25.9 Å². The Morgan fingerprint density at radius 2 is 1.88 bits per heavy atom. The Kier molecular flexibility index (Phi) is 6.04. The second-order valence-electron chi connectivity index (χ2n) is 7.06. The number of para-hydroxylation sites is 2. The fourth-order valence-corrected chi connectivity index (χ4v) is 3.42. The third-order valence-corrected chi connectivity index (χ3v) is 4.91. The lowest BCUT2D eigenvalue weighted by Crippen LogP contribution is -2.50. The Hall–Kier alpha value is -1.40. The van der Waals surface area contributed by atoms with Crippen LogP contribution in [0.3, 0.4) is 0 Å². The molecule has 134 valence electrons. The molecule has 1 saturated heterocycles. The summed E-state index contributed by atoms with van der Waals surface area (Å²) >= 11 is 0. The quantitative estimate of drug-likeness (QED) is 0.836. The lowest BCUT2D eigenvalue weighted by molar-refractivity contribution is -0.141. The molecule has 1 amide bonds. The van der Waals surface area contributed by atoms with Gasteiger partial charge in [0.15, 0.2) is 11.5 Å². The smallest absolute Gasteiger partial charge is 0.228 e. The summed E-state index contributed by atoms with van der Waals surface area (Å²) < 4.78 is 11.8. The second-order valence-corrected chi connectivity index (χ2v) is 7.06. The number of benzene rings is 1. The van der Waals surface area contributed by atoms with E-state index in [1.54, 1.807) is 4.90 Å². The van der Waals surface area contributed by atoms with Crippen LogP contribution in [-0.4, -0.2) is 62.1 Å². The highest BCUT2D eigenvalue weighted by Gasteiger charge is 2.38. The lowest BCUT2D eigenvalue weighted by Gasteiger charge is -2.41. The number of piperidine rings is 1. The molecule has 0 aliphatic carbocycles. The van der Waals surface area contributed by atoms with E-state index in [-0.39, 0.29) is 30.9 Å². The molecule has 0 unspecified atom stereocenters. The molecule has 2 aliphatic rings. The van der Waals surface area contributed by atoms with Gasteiger partial charge < -0.3 is 14.4 Å². The zero-order valence-electron chi connectivity index (χ0n) is 14.7. The van der Waals surface area contributed by atoms with Crippen molar-refractivity contribution in [1.29, 1.82) is 0 Å². The van der Waals surface area contributed by atoms with Gasteiger partial charge in [-0.1, -0.05) is 19.1 Å². The topological polar surface area (TPSA) is 42.0 Å². The van der Waals surface area contributed by atoms with Crippen LogP contribution in [0.2, 0.25) is 0 Å². The molecule has 1 fully saturated rings. The van der Waals surface area contributed by atoms with E-state index in [2.05, 4.69) is 11.8 Å². The van der Waals surface area contributed by atoms with Gasteiger partial charge in [0, 0.05) is 26.1 Å². The summed E-state index contributed by atoms with van der Waals surface area (Å²) in [4.78, 5) is 16.4. The molecule has 6 heteroatoms. The lowest BCUT2D eigenvalue weighted by atomic mass is 9.79. The van der Waals surface area contributed by atoms with Gasteiger partial charge in [0.25, 0.3) is 0 Å². The van der Waals surface area contributed by atoms with Crippen LogP contribution in [-0.2, 0) is 4.79 Å². The summed E-state index contributed by atoms with van der Waals surface area (Å²) in [6, 6.07) is 7.80. The van der Waals surface area contributed by atoms with Gasteiger partial charge in [-0.15, -0.1) is 0 Å². The molecule has 24 heavy (non-hydrogen) atoms. The van der Waals surface area contributed by atoms with Crippen LogP contribution in [0.4, 0.5) is 0 Å². The maximum absolute atomic E-state index is 12.3. The van der Waals surface area contributed by atoms with E-state index in [1.807, 2.05) is 38.4 Å². The van der Waals surface area contributed by atoms with E-state index in [4.69, 9.17) is 9.47 Å². The van der Waals surface area contributed by atoms with E-state index in [0.29, 0.717) is 6.61 Å². The number of hydrogen-bond donors (Lipinski definition) is 0. The van der Waals surface area contributed by atoms with E-state index in [0.717, 1.165) is 44.0 Å². The van der Waals surface area contributed by atoms with Gasteiger partial charge in [0.2, 0.25) is 5.91 Å². The van der Waals surface area contributed by atoms with Crippen molar-refractivity contribution in [3.63, 3.8) is 0 Å². The van der Waals surface area contributed by atoms with Crippen molar-refractivity contribution < 1.29 is 14.3 Å². The van der Waals surface area contributed by atoms with Crippen LogP contribution in [0.15, 0.2) is 24.3 Å². The zero-order valence-corrected chi connectivity index (χ0v) is 15.7. The van der Waals surface area contributed by atoms with Gasteiger partial charge >= 0.3 is 0 Å². The molecular weight excluding hydrogens is 324 g/mol. The molecular formula is C18H28N2O3S. The molecule has 2 heterocycles. The van der Waals surface area contributed by atoms with Gasteiger partial charge in [0.1, 0.15) is 12.7 Å². The minimum absolute atomic E-state index is 0. The van der Waals surface area contributed by atoms with Crippen LogP contribution in [0.5, 0.6) is 11.5 Å². The molecule has 0 bridgehead atoms. The summed E-state index contributed by atoms with van der Waals surface area (Å²) in [5.41, 5.74) is -0.226. The Morgan fingerprint density at radius 1 is 1.25 bits per heavy atom. The van der Waals surface area contributed by atoms with Crippen molar-refractivity contribution in [1.82, 2.24) is 9.80 Å². The van der Waals surface area contributed by atoms with Crippen molar-refractivity contribution in [3.8, 4) is 11.5 Å². The minimum atomic E-state index is -0.226. The summed E-state index contributed by atoms with van der Waals surface area (Å²) in [7, 11) is 3.68. The Labute approximate surface area is 151 Å². The Bertz CT molecular complexity index is 571. The highest BCUT2D eigenvalue weighted by molar-refractivity contribution is 7.59. The predicted octanol–water partition coefficient (Wildman–Crippen LogP) is 2.13. The van der Waals surface area contributed by atoms with Gasteiger partial charge in [-0.05, 0) is 38.1 Å². The van der Waals surface area contributed by atoms with E-state index >= 15 is 0 Å². The molecule has 0 spiro atoms. The largest absolute Gasteiger partial charge is 0.486 e. The summed E-state index contributed by atoms with van der Waals surface area (Å²) in [5, 5.41) is 0. The molecule has 0 radical (unpaired) electrons. The highest BCUT2D eigenvalue weighted by Crippen LogP contribution is 2.34. The number of ether oxygens (including phenoxy) is 2. The summed E-state index contributed by atoms with van der Waals surface area (Å²) in [5.74, 6) is 1.89. The van der Waals surface area contributed by atoms with Gasteiger partial charge in [-0.2, -0.15) is 13.5 Å². The van der Waals surface area contributed by atoms with Gasteiger partial charge in [-0.25, -0.2) is 0 Å². The number of likely N-dealkylation sites (tertiary alicyclic amines) is 1. The third kappa shape index (κ3) is 3.98. The monoisotopic (exact) mass is 352 g/mol. The number of carbonyl (C=O) groups is 1. The predicted molar refractivity (Wildman–Crippen MR) is 99.2 cm³/mol. The number of rotatable bonds is 3. The number of hydrogen-bond acceptors (Lipinski definition) is 4. The van der Waals surface area contributed by atoms with Crippen LogP contribution in [0.1, 0.15) is 19.8 Å². The molecule has 1 atom stereocenters. The zero-order chi connectivity index (χ0) is 16.4. The van der Waals surface area contributed by atoms with E-state index < -0.39 is 0 Å². The van der Waals surface area contributed by atoms with Gasteiger partial charge in [-0.3, -0.25) is 9.69 Å². The molecule has 3 rings (SSSR count). The maximum atomic E-state index is 12.3. The average Bonchev–Trinajstić information content (AvgIpc) is 2.56. The molecule has 2 aliphatic heterocycles. The minimum Gasteiger partial charge on any atom is -0.486 e. The van der Waals surface area contributed by atoms with Crippen molar-refractivity contribution in [2.24, 2.45) is 5.41 Å². The van der Waals surface area contributed by atoms with Crippen molar-refractivity contribution in [3.05, 3.63) is 24.3 Å². The maximum Gasteiger partial charge on any atom is 0.228 e. The summed E-state index contributed by atoms with van der Waals surface area (Å²) in [6.45, 7) is 5.38. The number of fused-ring (bicyclic) bond motifs is 1. The standard InChI is InChI=1S/C18H26N2O3.H2S/c1-18(17(21)19(2)3)8-10-20(11-9-18)12-14-13-22-15-6-4-5-7-16(15)23-14;/h4-7,14H,8-13H2,1-3H3;1H2/t14-;/m0./s1. The summed E-state index contributed by atoms with van der Waals surface area (Å²) in [6.07, 6.45) is 1.85. The first-order valence-corrected chi connectivity index (χ1v) is 8.30.